The maximum Gasteiger partial charge on any atom is 0.248 e. The van der Waals surface area contributed by atoms with Crippen LogP contribution in [0.15, 0.2) is 6.20 Å². The zero-order valence-corrected chi connectivity index (χ0v) is 14.7. The zero-order chi connectivity index (χ0) is 17.2. The predicted octanol–water partition coefficient (Wildman–Crippen LogP) is 1.37. The van der Waals surface area contributed by atoms with E-state index in [1.165, 1.54) is 0 Å². The fraction of sp³-hybridized carbons (Fsp3) is 0.750. The van der Waals surface area contributed by atoms with Gasteiger partial charge in [0.2, 0.25) is 11.8 Å². The molecule has 128 valence electrons. The highest BCUT2D eigenvalue weighted by Crippen LogP contribution is 2.26. The number of nitrogens with one attached hydrogen (secondary N) is 1. The number of aromatic nitrogens is 3. The molecule has 7 nitrogen and oxygen atoms in total. The van der Waals surface area contributed by atoms with Crippen molar-refractivity contribution in [3.8, 4) is 0 Å². The zero-order valence-electron chi connectivity index (χ0n) is 14.7. The van der Waals surface area contributed by atoms with Crippen LogP contribution < -0.4 is 5.32 Å². The highest BCUT2D eigenvalue weighted by Gasteiger charge is 2.35. The summed E-state index contributed by atoms with van der Waals surface area (Å²) in [7, 11) is 0. The van der Waals surface area contributed by atoms with E-state index in [2.05, 4.69) is 50.2 Å². The summed E-state index contributed by atoms with van der Waals surface area (Å²) in [6.07, 6.45) is 2.36. The average Bonchev–Trinajstić information content (AvgIpc) is 2.88. The number of hydrogen-bond donors (Lipinski definition) is 1. The van der Waals surface area contributed by atoms with E-state index in [1.54, 1.807) is 15.8 Å². The number of hydrogen-bond acceptors (Lipinski definition) is 4. The monoisotopic (exact) mass is 321 g/mol. The largest absolute Gasteiger partial charge is 0.354 e. The van der Waals surface area contributed by atoms with E-state index < -0.39 is 0 Å². The molecule has 0 saturated heterocycles. The first-order chi connectivity index (χ1) is 10.7. The number of rotatable bonds is 5. The number of fused-ring (bicyclic) bond motifs is 1. The van der Waals surface area contributed by atoms with E-state index in [9.17, 15) is 9.59 Å². The number of amides is 2. The van der Waals surface area contributed by atoms with Gasteiger partial charge in [-0.25, -0.2) is 4.68 Å². The van der Waals surface area contributed by atoms with Crippen LogP contribution in [-0.2, 0) is 16.1 Å². The van der Waals surface area contributed by atoms with Gasteiger partial charge in [-0.15, -0.1) is 5.10 Å². The molecule has 0 saturated carbocycles. The maximum atomic E-state index is 12.7. The Bertz CT molecular complexity index is 573. The third-order valence-electron chi connectivity index (χ3n) is 3.74. The van der Waals surface area contributed by atoms with Gasteiger partial charge in [0.15, 0.2) is 0 Å². The van der Waals surface area contributed by atoms with Crippen LogP contribution in [0.1, 0.15) is 52.8 Å². The van der Waals surface area contributed by atoms with Gasteiger partial charge in [0.05, 0.1) is 25.0 Å². The maximum absolute atomic E-state index is 12.7. The molecule has 0 radical (unpaired) electrons. The fourth-order valence-corrected chi connectivity index (χ4v) is 2.60. The van der Waals surface area contributed by atoms with Crippen LogP contribution in [0, 0.1) is 11.3 Å². The molecule has 2 heterocycles. The molecule has 0 bridgehead atoms. The lowest BCUT2D eigenvalue weighted by atomic mass is 9.97. The first-order valence-electron chi connectivity index (χ1n) is 8.12. The molecule has 1 atom stereocenters. The second-order valence-electron chi connectivity index (χ2n) is 7.85. The van der Waals surface area contributed by atoms with Crippen molar-refractivity contribution in [2.45, 2.75) is 53.6 Å². The molecular formula is C16H27N5O2. The highest BCUT2D eigenvalue weighted by molar-refractivity contribution is 5.87. The Morgan fingerprint density at radius 2 is 2.13 bits per heavy atom. The Labute approximate surface area is 137 Å². The third-order valence-corrected chi connectivity index (χ3v) is 3.74. The smallest absolute Gasteiger partial charge is 0.248 e. The van der Waals surface area contributed by atoms with Gasteiger partial charge in [-0.2, -0.15) is 0 Å². The molecule has 1 N–H and O–H groups in total. The van der Waals surface area contributed by atoms with E-state index in [0.717, 1.165) is 5.69 Å². The molecule has 23 heavy (non-hydrogen) atoms. The van der Waals surface area contributed by atoms with Crippen molar-refractivity contribution in [3.63, 3.8) is 0 Å². The molecule has 0 aromatic carbocycles. The van der Waals surface area contributed by atoms with Crippen LogP contribution in [-0.4, -0.2) is 44.8 Å². The topological polar surface area (TPSA) is 80.1 Å². The first-order valence-corrected chi connectivity index (χ1v) is 8.12. The predicted molar refractivity (Wildman–Crippen MR) is 86.4 cm³/mol. The van der Waals surface area contributed by atoms with Crippen LogP contribution in [0.3, 0.4) is 0 Å². The van der Waals surface area contributed by atoms with E-state index in [-0.39, 0.29) is 29.8 Å². The van der Waals surface area contributed by atoms with Gasteiger partial charge in [0.1, 0.15) is 6.04 Å². The minimum atomic E-state index is -0.364. The van der Waals surface area contributed by atoms with Gasteiger partial charge in [-0.1, -0.05) is 39.8 Å². The second-order valence-corrected chi connectivity index (χ2v) is 7.85. The third kappa shape index (κ3) is 4.53. The van der Waals surface area contributed by atoms with Crippen LogP contribution in [0.4, 0.5) is 0 Å². The second kappa shape index (κ2) is 6.68. The summed E-state index contributed by atoms with van der Waals surface area (Å²) < 4.78 is 1.70. The van der Waals surface area contributed by atoms with Crippen molar-refractivity contribution in [2.24, 2.45) is 11.3 Å². The van der Waals surface area contributed by atoms with E-state index >= 15 is 0 Å². The fourth-order valence-electron chi connectivity index (χ4n) is 2.60. The standard InChI is InChI=1S/C16H27N5O2/c1-11(2)6-13-15(23)20(8-12-7-18-19-21(12)13)9-14(22)17-10-16(3,4)5/h7,11,13H,6,8-10H2,1-5H3,(H,17,22)/t13-/m0/s1. The molecule has 2 amide bonds. The Kier molecular flexibility index (Phi) is 5.06. The van der Waals surface area contributed by atoms with E-state index in [4.69, 9.17) is 0 Å². The van der Waals surface area contributed by atoms with Crippen molar-refractivity contribution in [1.82, 2.24) is 25.2 Å². The first kappa shape index (κ1) is 17.4. The van der Waals surface area contributed by atoms with Crippen LogP contribution in [0.25, 0.3) is 0 Å². The summed E-state index contributed by atoms with van der Waals surface area (Å²) in [6, 6.07) is -0.364. The molecule has 0 spiro atoms. The van der Waals surface area contributed by atoms with Crippen LogP contribution >= 0.6 is 0 Å². The van der Waals surface area contributed by atoms with Gasteiger partial charge >= 0.3 is 0 Å². The quantitative estimate of drug-likeness (QED) is 0.888. The number of nitrogens with zero attached hydrogens (tertiary/aromatic N) is 4. The van der Waals surface area contributed by atoms with Crippen LogP contribution in [0.2, 0.25) is 0 Å². The molecule has 2 rings (SSSR count). The lowest BCUT2D eigenvalue weighted by molar-refractivity contribution is -0.142. The lowest BCUT2D eigenvalue weighted by Crippen LogP contribution is -2.48. The molecule has 1 aliphatic rings. The van der Waals surface area contributed by atoms with Crippen molar-refractivity contribution in [3.05, 3.63) is 11.9 Å². The highest BCUT2D eigenvalue weighted by atomic mass is 16.2. The molecule has 1 aromatic rings. The van der Waals surface area contributed by atoms with Crippen molar-refractivity contribution in [2.75, 3.05) is 13.1 Å². The average molecular weight is 321 g/mol. The molecule has 0 unspecified atom stereocenters. The Balaban J connectivity index is 2.06. The molecule has 1 aromatic heterocycles. The minimum Gasteiger partial charge on any atom is -0.354 e. The van der Waals surface area contributed by atoms with Gasteiger partial charge in [0, 0.05) is 6.54 Å². The molecule has 0 aliphatic carbocycles. The van der Waals surface area contributed by atoms with E-state index in [1.807, 2.05) is 0 Å². The van der Waals surface area contributed by atoms with Gasteiger partial charge in [0.25, 0.3) is 0 Å². The normalized spacial score (nSPS) is 18.3. The SMILES string of the molecule is CC(C)C[C@H]1C(=O)N(CC(=O)NCC(C)(C)C)Cc2cnnn21. The van der Waals surface area contributed by atoms with Gasteiger partial charge < -0.3 is 10.2 Å². The summed E-state index contributed by atoms with van der Waals surface area (Å²) in [5, 5.41) is 10.8. The van der Waals surface area contributed by atoms with Crippen molar-refractivity contribution < 1.29 is 9.59 Å². The minimum absolute atomic E-state index is 0.0181. The molecular weight excluding hydrogens is 294 g/mol. The van der Waals surface area contributed by atoms with Gasteiger partial charge in [-0.3, -0.25) is 9.59 Å². The number of carbonyl (C=O) groups excluding carboxylic acids is 2. The van der Waals surface area contributed by atoms with E-state index in [0.29, 0.717) is 25.4 Å². The van der Waals surface area contributed by atoms with Crippen molar-refractivity contribution in [1.29, 1.82) is 0 Å². The van der Waals surface area contributed by atoms with Crippen molar-refractivity contribution >= 4 is 11.8 Å². The number of carbonyl (C=O) groups is 2. The molecule has 0 fully saturated rings. The van der Waals surface area contributed by atoms with Crippen LogP contribution in [0.5, 0.6) is 0 Å². The molecule has 7 heteroatoms. The molecule has 1 aliphatic heterocycles. The summed E-state index contributed by atoms with van der Waals surface area (Å²) in [4.78, 5) is 26.5. The Morgan fingerprint density at radius 3 is 2.74 bits per heavy atom. The summed E-state index contributed by atoms with van der Waals surface area (Å²) in [6.45, 7) is 11.4. The summed E-state index contributed by atoms with van der Waals surface area (Å²) >= 11 is 0. The van der Waals surface area contributed by atoms with Gasteiger partial charge in [-0.05, 0) is 17.8 Å². The summed E-state index contributed by atoms with van der Waals surface area (Å²) in [5.74, 6) is 0.177. The lowest BCUT2D eigenvalue weighted by Gasteiger charge is -2.33. The Hall–Kier alpha value is -1.92. The summed E-state index contributed by atoms with van der Waals surface area (Å²) in [5.41, 5.74) is 0.892. The Morgan fingerprint density at radius 1 is 1.43 bits per heavy atom.